The first-order chi connectivity index (χ1) is 19.8. The van der Waals surface area contributed by atoms with E-state index in [1.165, 1.54) is 33.0 Å². The van der Waals surface area contributed by atoms with Crippen molar-refractivity contribution in [1.29, 1.82) is 0 Å². The molecule has 3 amide bonds. The third-order valence-corrected chi connectivity index (χ3v) is 6.88. The molecule has 1 heterocycles. The van der Waals surface area contributed by atoms with Crippen LogP contribution in [-0.4, -0.2) is 59.0 Å². The molecule has 41 heavy (non-hydrogen) atoms. The van der Waals surface area contributed by atoms with Crippen LogP contribution in [0.3, 0.4) is 0 Å². The summed E-state index contributed by atoms with van der Waals surface area (Å²) in [5.41, 5.74) is 5.12. The minimum absolute atomic E-state index is 0.0280. The summed E-state index contributed by atoms with van der Waals surface area (Å²) in [6.45, 7) is 2.72. The highest BCUT2D eigenvalue weighted by Gasteiger charge is 2.39. The number of carbonyl (C=O) groups excluding carboxylic acids is 3. The van der Waals surface area contributed by atoms with Gasteiger partial charge >= 0.3 is 5.97 Å². The van der Waals surface area contributed by atoms with Crippen LogP contribution < -0.4 is 20.1 Å². The van der Waals surface area contributed by atoms with Gasteiger partial charge in [-0.1, -0.05) is 42.5 Å². The molecule has 3 aromatic carbocycles. The highest BCUT2D eigenvalue weighted by Crippen LogP contribution is 2.37. The average molecular weight is 561 g/mol. The Balaban J connectivity index is 1.55. The van der Waals surface area contributed by atoms with Gasteiger partial charge in [-0.15, -0.1) is 0 Å². The lowest BCUT2D eigenvalue weighted by atomic mass is 10.00. The molecular weight excluding hydrogens is 528 g/mol. The second-order valence-corrected chi connectivity index (χ2v) is 9.50. The van der Waals surface area contributed by atoms with Crippen molar-refractivity contribution in [2.24, 2.45) is 0 Å². The number of hydrazine groups is 1. The number of carboxylic acids is 1. The Morgan fingerprint density at radius 1 is 1.10 bits per heavy atom. The summed E-state index contributed by atoms with van der Waals surface area (Å²) in [6.07, 6.45) is 0.720. The molecule has 3 aromatic rings. The number of benzene rings is 3. The number of aliphatic carboxylic acids is 1. The number of rotatable bonds is 14. The summed E-state index contributed by atoms with van der Waals surface area (Å²) in [7, 11) is 0. The summed E-state index contributed by atoms with van der Waals surface area (Å²) in [5, 5.41) is 21.5. The van der Waals surface area contributed by atoms with Crippen LogP contribution in [0.5, 0.6) is 11.5 Å². The molecule has 0 saturated carbocycles. The van der Waals surface area contributed by atoms with E-state index < -0.39 is 18.1 Å². The lowest BCUT2D eigenvalue weighted by Crippen LogP contribution is -2.40. The van der Waals surface area contributed by atoms with Crippen LogP contribution in [0.25, 0.3) is 0 Å². The summed E-state index contributed by atoms with van der Waals surface area (Å²) < 4.78 is 5.46. The molecule has 1 aliphatic heterocycles. The fourth-order valence-corrected chi connectivity index (χ4v) is 4.89. The van der Waals surface area contributed by atoms with Gasteiger partial charge in [0.15, 0.2) is 0 Å². The van der Waals surface area contributed by atoms with E-state index in [1.807, 2.05) is 37.3 Å². The molecule has 1 aliphatic rings. The van der Waals surface area contributed by atoms with Crippen molar-refractivity contribution in [3.8, 4) is 11.5 Å². The molecule has 0 aromatic heterocycles. The van der Waals surface area contributed by atoms with Gasteiger partial charge in [-0.3, -0.25) is 19.2 Å². The molecule has 11 nitrogen and oxygen atoms in total. The van der Waals surface area contributed by atoms with Crippen molar-refractivity contribution >= 4 is 36.1 Å². The highest BCUT2D eigenvalue weighted by molar-refractivity contribution is 5.98. The van der Waals surface area contributed by atoms with Crippen LogP contribution in [0.1, 0.15) is 36.9 Å². The van der Waals surface area contributed by atoms with Gasteiger partial charge in [-0.05, 0) is 48.4 Å². The second-order valence-electron chi connectivity index (χ2n) is 9.50. The van der Waals surface area contributed by atoms with Gasteiger partial charge in [0.05, 0.1) is 36.5 Å². The zero-order valence-electron chi connectivity index (χ0n) is 22.6. The highest BCUT2D eigenvalue weighted by atomic mass is 16.5. The van der Waals surface area contributed by atoms with E-state index in [0.717, 1.165) is 5.56 Å². The molecule has 11 heteroatoms. The van der Waals surface area contributed by atoms with E-state index in [-0.39, 0.29) is 36.7 Å². The van der Waals surface area contributed by atoms with Gasteiger partial charge in [0, 0.05) is 19.5 Å². The van der Waals surface area contributed by atoms with Crippen LogP contribution >= 0.6 is 0 Å². The second kappa shape index (κ2) is 13.4. The predicted octanol–water partition coefficient (Wildman–Crippen LogP) is 3.24. The lowest BCUT2D eigenvalue weighted by Gasteiger charge is -2.32. The molecule has 1 saturated heterocycles. The van der Waals surface area contributed by atoms with Crippen LogP contribution in [0, 0.1) is 0 Å². The third-order valence-electron chi connectivity index (χ3n) is 6.88. The number of nitrogens with zero attached hydrogens (tertiary/aromatic N) is 3. The molecular formula is C30H32N4O7. The maximum absolute atomic E-state index is 13.2. The zero-order chi connectivity index (χ0) is 29.4. The van der Waals surface area contributed by atoms with E-state index >= 15 is 0 Å². The number of hydrogen-bond donors (Lipinski definition) is 3. The Labute approximate surface area is 237 Å². The Morgan fingerprint density at radius 2 is 1.83 bits per heavy atom. The Hall–Kier alpha value is -4.90. The average Bonchev–Trinajstić information content (AvgIpc) is 3.35. The van der Waals surface area contributed by atoms with E-state index in [4.69, 9.17) is 4.74 Å². The summed E-state index contributed by atoms with van der Waals surface area (Å²) >= 11 is 0. The van der Waals surface area contributed by atoms with E-state index in [0.29, 0.717) is 43.0 Å². The number of aromatic hydroxyl groups is 1. The molecule has 0 spiro atoms. The molecule has 214 valence electrons. The number of anilines is 2. The summed E-state index contributed by atoms with van der Waals surface area (Å²) in [6, 6.07) is 19.2. The van der Waals surface area contributed by atoms with Crippen molar-refractivity contribution in [3.05, 3.63) is 83.9 Å². The van der Waals surface area contributed by atoms with Crippen LogP contribution in [0.2, 0.25) is 0 Å². The topological polar surface area (TPSA) is 140 Å². The van der Waals surface area contributed by atoms with Gasteiger partial charge in [0.2, 0.25) is 18.7 Å². The van der Waals surface area contributed by atoms with Crippen molar-refractivity contribution in [2.75, 3.05) is 23.1 Å². The molecule has 2 unspecified atom stereocenters. The Morgan fingerprint density at radius 3 is 2.46 bits per heavy atom. The summed E-state index contributed by atoms with van der Waals surface area (Å²) in [5.74, 6) is -1.02. The first-order valence-electron chi connectivity index (χ1n) is 13.2. The minimum Gasteiger partial charge on any atom is -0.506 e. The quantitative estimate of drug-likeness (QED) is 0.202. The van der Waals surface area contributed by atoms with Gasteiger partial charge in [-0.25, -0.2) is 10.4 Å². The lowest BCUT2D eigenvalue weighted by molar-refractivity contribution is -0.139. The number of ether oxygens (including phenoxy) is 1. The zero-order valence-corrected chi connectivity index (χ0v) is 22.6. The maximum atomic E-state index is 13.2. The van der Waals surface area contributed by atoms with E-state index in [2.05, 4.69) is 5.43 Å². The standard InChI is InChI=1S/C30H32N4O7/c1-2-41-25-11-8-22(9-12-25)26(16-30(39)40)33(19-35)24-15-29(38)32(18-24)27-14-23(10-13-28(27)37)34(20-36)31-17-21-6-4-3-5-7-21/h3-14,19-20,24,26,31,37H,2,15-18H2,1H3,(H,39,40). The van der Waals surface area contributed by atoms with Crippen LogP contribution in [0.4, 0.5) is 11.4 Å². The predicted molar refractivity (Wildman–Crippen MR) is 151 cm³/mol. The maximum Gasteiger partial charge on any atom is 0.305 e. The number of hydrogen-bond acceptors (Lipinski definition) is 7. The molecule has 0 aliphatic carbocycles. The van der Waals surface area contributed by atoms with E-state index in [9.17, 15) is 29.4 Å². The molecule has 3 N–H and O–H groups in total. The number of nitrogens with one attached hydrogen (secondary N) is 1. The molecule has 1 fully saturated rings. The third kappa shape index (κ3) is 7.00. The summed E-state index contributed by atoms with van der Waals surface area (Å²) in [4.78, 5) is 51.8. The largest absolute Gasteiger partial charge is 0.506 e. The minimum atomic E-state index is -1.10. The normalized spacial score (nSPS) is 15.3. The van der Waals surface area contributed by atoms with Crippen molar-refractivity contribution < 1.29 is 34.1 Å². The SMILES string of the molecule is CCOc1ccc(C(CC(=O)O)N(C=O)C2CC(=O)N(c3cc(N(C=O)NCc4ccccc4)ccc3O)C2)cc1. The number of carboxylic acid groups (broad SMARTS) is 1. The van der Waals surface area contributed by atoms with Gasteiger partial charge in [0.1, 0.15) is 11.5 Å². The smallest absolute Gasteiger partial charge is 0.305 e. The molecule has 4 rings (SSSR count). The van der Waals surface area contributed by atoms with Crippen LogP contribution in [-0.2, 0) is 25.7 Å². The Kier molecular flexibility index (Phi) is 9.54. The fourth-order valence-electron chi connectivity index (χ4n) is 4.89. The van der Waals surface area contributed by atoms with Crippen LogP contribution in [0.15, 0.2) is 72.8 Å². The molecule has 2 atom stereocenters. The number of carbonyl (C=O) groups is 4. The first kappa shape index (κ1) is 29.1. The van der Waals surface area contributed by atoms with Gasteiger partial charge in [-0.2, -0.15) is 0 Å². The number of phenolic OH excluding ortho intramolecular Hbond substituents is 1. The van der Waals surface area contributed by atoms with Gasteiger partial charge in [0.25, 0.3) is 0 Å². The fraction of sp³-hybridized carbons (Fsp3) is 0.267. The molecule has 0 radical (unpaired) electrons. The van der Waals surface area contributed by atoms with Crippen molar-refractivity contribution in [2.45, 2.75) is 38.4 Å². The van der Waals surface area contributed by atoms with E-state index in [1.54, 1.807) is 24.3 Å². The first-order valence-corrected chi connectivity index (χ1v) is 13.2. The van der Waals surface area contributed by atoms with Crippen molar-refractivity contribution in [1.82, 2.24) is 10.3 Å². The number of amides is 3. The van der Waals surface area contributed by atoms with Crippen molar-refractivity contribution in [3.63, 3.8) is 0 Å². The number of phenols is 1. The van der Waals surface area contributed by atoms with Gasteiger partial charge < -0.3 is 24.7 Å². The monoisotopic (exact) mass is 560 g/mol. The molecule has 0 bridgehead atoms. The Bertz CT molecular complexity index is 1370.